The zero-order valence-electron chi connectivity index (χ0n) is 26.0. The summed E-state index contributed by atoms with van der Waals surface area (Å²) < 4.78 is 26.2. The number of aromatic hydroxyl groups is 1. The standard InChI is InChI=1S/C34H40O9/c1-16(2)9-10-19-26-18(12-13-31(4,5)41-26)24(35)22-25(36)23-28(40-8)20-15-21-32(6,7)43-33(29(20)37,14-11-17(3)30(38)39)34(21,23)42-27(19)22/h9,11-13,20-21,23,28,35H,10,14-15H2,1-8H3,(H,38,39)/b17-11-. The molecule has 1 spiro atoms. The van der Waals surface area contributed by atoms with Gasteiger partial charge in [-0.25, -0.2) is 4.79 Å². The van der Waals surface area contributed by atoms with E-state index in [1.807, 2.05) is 53.7 Å². The third kappa shape index (κ3) is 3.80. The van der Waals surface area contributed by atoms with E-state index in [-0.39, 0.29) is 40.6 Å². The molecule has 1 saturated heterocycles. The van der Waals surface area contributed by atoms with Gasteiger partial charge in [0.2, 0.25) is 0 Å². The molecule has 43 heavy (non-hydrogen) atoms. The lowest BCUT2D eigenvalue weighted by molar-refractivity contribution is -0.224. The zero-order valence-corrected chi connectivity index (χ0v) is 26.0. The van der Waals surface area contributed by atoms with E-state index in [4.69, 9.17) is 18.9 Å². The van der Waals surface area contributed by atoms with E-state index in [0.29, 0.717) is 29.7 Å². The van der Waals surface area contributed by atoms with Crippen LogP contribution in [0.1, 0.15) is 82.8 Å². The molecule has 230 valence electrons. The molecule has 3 saturated carbocycles. The third-order valence-electron chi connectivity index (χ3n) is 10.2. The largest absolute Gasteiger partial charge is 0.506 e. The number of Topliss-reactive ketones (excluding diaryl/α,β-unsaturated/α-hetero) is 2. The van der Waals surface area contributed by atoms with Crippen LogP contribution in [-0.2, 0) is 25.5 Å². The molecular formula is C34H40O9. The molecule has 7 rings (SSSR count). The number of carbonyl (C=O) groups is 3. The molecule has 1 aromatic carbocycles. The predicted molar refractivity (Wildman–Crippen MR) is 157 cm³/mol. The van der Waals surface area contributed by atoms with Crippen molar-refractivity contribution >= 4 is 23.6 Å². The quantitative estimate of drug-likeness (QED) is 0.338. The maximum atomic E-state index is 14.9. The Morgan fingerprint density at radius 1 is 1.09 bits per heavy atom. The number of aliphatic carboxylic acids is 1. The Labute approximate surface area is 251 Å². The molecule has 3 aliphatic heterocycles. The maximum Gasteiger partial charge on any atom is 0.330 e. The summed E-state index contributed by atoms with van der Waals surface area (Å²) >= 11 is 0. The van der Waals surface area contributed by atoms with Crippen molar-refractivity contribution in [2.45, 2.75) is 96.2 Å². The van der Waals surface area contributed by atoms with Crippen LogP contribution in [0.25, 0.3) is 6.08 Å². The van der Waals surface area contributed by atoms with Crippen LogP contribution in [0.15, 0.2) is 29.4 Å². The van der Waals surface area contributed by atoms with Crippen LogP contribution in [-0.4, -0.2) is 63.4 Å². The molecule has 0 radical (unpaired) electrons. The number of rotatable bonds is 6. The van der Waals surface area contributed by atoms with Gasteiger partial charge in [-0.1, -0.05) is 17.7 Å². The Kier molecular flexibility index (Phi) is 6.40. The number of carbonyl (C=O) groups excluding carboxylic acids is 2. The summed E-state index contributed by atoms with van der Waals surface area (Å²) in [4.78, 5) is 41.2. The molecule has 2 N–H and O–H groups in total. The van der Waals surface area contributed by atoms with E-state index in [9.17, 15) is 24.6 Å². The van der Waals surface area contributed by atoms with Gasteiger partial charge in [-0.2, -0.15) is 0 Å². The van der Waals surface area contributed by atoms with Gasteiger partial charge >= 0.3 is 5.97 Å². The molecule has 4 fully saturated rings. The summed E-state index contributed by atoms with van der Waals surface area (Å²) in [7, 11) is 1.48. The highest BCUT2D eigenvalue weighted by Crippen LogP contribution is 2.70. The molecule has 6 unspecified atom stereocenters. The Morgan fingerprint density at radius 3 is 2.42 bits per heavy atom. The number of benzene rings is 1. The maximum absolute atomic E-state index is 14.9. The molecule has 6 aliphatic rings. The first-order valence-electron chi connectivity index (χ1n) is 14.9. The van der Waals surface area contributed by atoms with Crippen molar-refractivity contribution in [2.75, 3.05) is 7.11 Å². The summed E-state index contributed by atoms with van der Waals surface area (Å²) in [5, 5.41) is 21.3. The number of hydrogen-bond donors (Lipinski definition) is 2. The lowest BCUT2D eigenvalue weighted by Crippen LogP contribution is -2.80. The molecular weight excluding hydrogens is 552 g/mol. The molecule has 0 aromatic heterocycles. The van der Waals surface area contributed by atoms with Crippen LogP contribution >= 0.6 is 0 Å². The van der Waals surface area contributed by atoms with Crippen molar-refractivity contribution in [1.29, 1.82) is 0 Å². The number of allylic oxidation sites excluding steroid dienone is 2. The van der Waals surface area contributed by atoms with Crippen molar-refractivity contribution in [3.05, 3.63) is 46.1 Å². The molecule has 3 aliphatic carbocycles. The predicted octanol–water partition coefficient (Wildman–Crippen LogP) is 5.22. The second kappa shape index (κ2) is 9.29. The van der Waals surface area contributed by atoms with Crippen molar-refractivity contribution < 1.29 is 43.5 Å². The van der Waals surface area contributed by atoms with Crippen LogP contribution in [0.2, 0.25) is 0 Å². The monoisotopic (exact) mass is 592 g/mol. The van der Waals surface area contributed by atoms with Crippen LogP contribution in [0.5, 0.6) is 17.2 Å². The van der Waals surface area contributed by atoms with E-state index in [2.05, 4.69) is 0 Å². The smallest absolute Gasteiger partial charge is 0.330 e. The minimum Gasteiger partial charge on any atom is -0.506 e. The number of fused-ring (bicyclic) bond motifs is 2. The number of phenolic OH excluding ortho intramolecular Hbond substituents is 1. The number of ketones is 2. The Balaban J connectivity index is 1.68. The fourth-order valence-corrected chi connectivity index (χ4v) is 8.31. The van der Waals surface area contributed by atoms with Gasteiger partial charge in [0.05, 0.1) is 23.2 Å². The number of carboxylic acid groups (broad SMARTS) is 1. The van der Waals surface area contributed by atoms with Crippen LogP contribution in [0.4, 0.5) is 0 Å². The van der Waals surface area contributed by atoms with Crippen molar-refractivity contribution in [1.82, 2.24) is 0 Å². The summed E-state index contributed by atoms with van der Waals surface area (Å²) in [5.74, 6) is -3.41. The highest BCUT2D eigenvalue weighted by molar-refractivity contribution is 6.10. The number of carboxylic acids is 1. The van der Waals surface area contributed by atoms with Gasteiger partial charge in [0.15, 0.2) is 22.8 Å². The fourth-order valence-electron chi connectivity index (χ4n) is 8.31. The van der Waals surface area contributed by atoms with Gasteiger partial charge in [-0.15, -0.1) is 0 Å². The number of ether oxygens (including phenoxy) is 4. The Bertz CT molecular complexity index is 1560. The molecule has 0 amide bonds. The topological polar surface area (TPSA) is 129 Å². The highest BCUT2D eigenvalue weighted by Gasteiger charge is 2.85. The van der Waals surface area contributed by atoms with Gasteiger partial charge in [-0.3, -0.25) is 9.59 Å². The van der Waals surface area contributed by atoms with E-state index < -0.39 is 52.2 Å². The van der Waals surface area contributed by atoms with Crippen molar-refractivity contribution in [3.8, 4) is 17.2 Å². The first-order valence-corrected chi connectivity index (χ1v) is 14.9. The first-order chi connectivity index (χ1) is 20.0. The van der Waals surface area contributed by atoms with E-state index in [1.165, 1.54) is 20.1 Å². The van der Waals surface area contributed by atoms with E-state index >= 15 is 0 Å². The van der Waals surface area contributed by atoms with Gasteiger partial charge in [-0.05, 0) is 73.5 Å². The highest BCUT2D eigenvalue weighted by atomic mass is 16.6. The van der Waals surface area contributed by atoms with Gasteiger partial charge in [0, 0.05) is 36.5 Å². The number of methoxy groups -OCH3 is 1. The minimum absolute atomic E-state index is 0.0474. The second-order valence-corrected chi connectivity index (χ2v) is 13.9. The average Bonchev–Trinajstić information content (AvgIpc) is 3.06. The fraction of sp³-hybridized carbons (Fsp3) is 0.559. The zero-order chi connectivity index (χ0) is 31.4. The molecule has 1 aromatic rings. The van der Waals surface area contributed by atoms with Gasteiger partial charge < -0.3 is 29.2 Å². The summed E-state index contributed by atoms with van der Waals surface area (Å²) in [5.41, 5.74) is -2.57. The van der Waals surface area contributed by atoms with Crippen LogP contribution in [0.3, 0.4) is 0 Å². The lowest BCUT2D eigenvalue weighted by atomic mass is 9.45. The molecule has 9 nitrogen and oxygen atoms in total. The minimum atomic E-state index is -1.65. The first kappa shape index (κ1) is 29.6. The van der Waals surface area contributed by atoms with Crippen LogP contribution < -0.4 is 9.47 Å². The SMILES string of the molecule is COC1C2CC3C(C)(C)OC(C/C=C(/C)C(=O)O)(C2=O)C32Oc3c(CC=C(C)C)c4c(c(O)c3C(=O)C12)C=CC(C)(C)O4. The molecule has 6 atom stereocenters. The van der Waals surface area contributed by atoms with Crippen molar-refractivity contribution in [2.24, 2.45) is 17.8 Å². The molecule has 3 heterocycles. The second-order valence-electron chi connectivity index (χ2n) is 13.9. The molecule has 4 bridgehead atoms. The van der Waals surface area contributed by atoms with Gasteiger partial charge in [0.1, 0.15) is 28.4 Å². The Hall–Kier alpha value is -3.43. The normalized spacial score (nSPS) is 34.1. The third-order valence-corrected chi connectivity index (χ3v) is 10.2. The van der Waals surface area contributed by atoms with E-state index in [0.717, 1.165) is 5.57 Å². The lowest BCUT2D eigenvalue weighted by Gasteiger charge is -2.62. The molecule has 9 heteroatoms. The van der Waals surface area contributed by atoms with Crippen LogP contribution in [0, 0.1) is 17.8 Å². The van der Waals surface area contributed by atoms with E-state index in [1.54, 1.807) is 6.08 Å². The average molecular weight is 593 g/mol. The van der Waals surface area contributed by atoms with Crippen molar-refractivity contribution in [3.63, 3.8) is 0 Å². The van der Waals surface area contributed by atoms with Gasteiger partial charge in [0.25, 0.3) is 0 Å². The number of phenols is 1. The summed E-state index contributed by atoms with van der Waals surface area (Å²) in [6.07, 6.45) is 6.97. The number of hydrogen-bond acceptors (Lipinski definition) is 8. The summed E-state index contributed by atoms with van der Waals surface area (Å²) in [6, 6.07) is 0. The summed E-state index contributed by atoms with van der Waals surface area (Å²) in [6.45, 7) is 13.0. The Morgan fingerprint density at radius 2 is 1.79 bits per heavy atom.